The van der Waals surface area contributed by atoms with Crippen LogP contribution in [0.25, 0.3) is 0 Å². The molecule has 0 unspecified atom stereocenters. The molecule has 27 heavy (non-hydrogen) atoms. The lowest BCUT2D eigenvalue weighted by Crippen LogP contribution is -2.55. The third-order valence-corrected chi connectivity index (χ3v) is 5.97. The van der Waals surface area contributed by atoms with Gasteiger partial charge in [0.25, 0.3) is 0 Å². The van der Waals surface area contributed by atoms with Gasteiger partial charge in [-0.05, 0) is 43.7 Å². The van der Waals surface area contributed by atoms with E-state index >= 15 is 0 Å². The largest absolute Gasteiger partial charge is 0.467 e. The van der Waals surface area contributed by atoms with Crippen molar-refractivity contribution < 1.29 is 13.9 Å². The Balaban J connectivity index is 1.40. The molecule has 0 bridgehead atoms. The summed E-state index contributed by atoms with van der Waals surface area (Å²) in [6.45, 7) is 5.12. The molecule has 4 rings (SSSR count). The first kappa shape index (κ1) is 18.3. The average molecular weight is 372 g/mol. The standard InChI is InChI=1S/C20H28N4O3/c25-19(22-14-18-2-1-11-27-18)20(24-10-7-21-16-24)5-8-23(9-6-20)15-17-3-12-26-13-4-17/h1-2,7,10-11,16-17H,3-6,8-9,12-15H2,(H,22,25). The molecule has 2 aromatic heterocycles. The third kappa shape index (κ3) is 4.09. The van der Waals surface area contributed by atoms with E-state index < -0.39 is 5.54 Å². The molecule has 0 radical (unpaired) electrons. The minimum Gasteiger partial charge on any atom is -0.467 e. The number of nitrogens with zero attached hydrogens (tertiary/aromatic N) is 3. The fourth-order valence-electron chi connectivity index (χ4n) is 4.26. The number of hydrogen-bond acceptors (Lipinski definition) is 5. The summed E-state index contributed by atoms with van der Waals surface area (Å²) in [6.07, 6.45) is 10.9. The van der Waals surface area contributed by atoms with E-state index in [4.69, 9.17) is 9.15 Å². The summed E-state index contributed by atoms with van der Waals surface area (Å²) in [5.74, 6) is 1.52. The van der Waals surface area contributed by atoms with Gasteiger partial charge in [0, 0.05) is 45.2 Å². The Morgan fingerprint density at radius 1 is 1.30 bits per heavy atom. The van der Waals surface area contributed by atoms with Gasteiger partial charge < -0.3 is 23.9 Å². The minimum atomic E-state index is -0.574. The second-order valence-corrected chi connectivity index (χ2v) is 7.62. The molecule has 7 heteroatoms. The van der Waals surface area contributed by atoms with E-state index in [-0.39, 0.29) is 5.91 Å². The average Bonchev–Trinajstić information content (AvgIpc) is 3.42. The van der Waals surface area contributed by atoms with Gasteiger partial charge in [-0.2, -0.15) is 0 Å². The molecule has 0 spiro atoms. The quantitative estimate of drug-likeness (QED) is 0.840. The maximum absolute atomic E-state index is 13.2. The van der Waals surface area contributed by atoms with Crippen LogP contribution in [0.1, 0.15) is 31.4 Å². The molecule has 2 aromatic rings. The van der Waals surface area contributed by atoms with Crippen molar-refractivity contribution in [3.63, 3.8) is 0 Å². The van der Waals surface area contributed by atoms with E-state index in [0.717, 1.165) is 64.3 Å². The monoisotopic (exact) mass is 372 g/mol. The molecule has 1 amide bonds. The summed E-state index contributed by atoms with van der Waals surface area (Å²) in [4.78, 5) is 19.9. The maximum Gasteiger partial charge on any atom is 0.246 e. The van der Waals surface area contributed by atoms with Crippen LogP contribution in [0.2, 0.25) is 0 Å². The minimum absolute atomic E-state index is 0.0441. The van der Waals surface area contributed by atoms with Crippen LogP contribution >= 0.6 is 0 Å². The number of hydrogen-bond donors (Lipinski definition) is 1. The van der Waals surface area contributed by atoms with Gasteiger partial charge in [-0.3, -0.25) is 4.79 Å². The van der Waals surface area contributed by atoms with Gasteiger partial charge in [-0.15, -0.1) is 0 Å². The first-order valence-electron chi connectivity index (χ1n) is 9.85. The Morgan fingerprint density at radius 3 is 2.78 bits per heavy atom. The molecule has 2 aliphatic rings. The van der Waals surface area contributed by atoms with E-state index in [0.29, 0.717) is 12.5 Å². The summed E-state index contributed by atoms with van der Waals surface area (Å²) in [7, 11) is 0. The van der Waals surface area contributed by atoms with Crippen LogP contribution in [-0.2, 0) is 21.6 Å². The van der Waals surface area contributed by atoms with E-state index in [1.807, 2.05) is 22.9 Å². The Labute approximate surface area is 159 Å². The number of rotatable bonds is 6. The van der Waals surface area contributed by atoms with Crippen molar-refractivity contribution in [2.45, 2.75) is 37.8 Å². The molecule has 2 aliphatic heterocycles. The molecule has 2 saturated heterocycles. The van der Waals surface area contributed by atoms with Gasteiger partial charge in [0.15, 0.2) is 0 Å². The Bertz CT molecular complexity index is 700. The highest BCUT2D eigenvalue weighted by atomic mass is 16.5. The molecule has 0 aliphatic carbocycles. The fraction of sp³-hybridized carbons (Fsp3) is 0.600. The second-order valence-electron chi connectivity index (χ2n) is 7.62. The van der Waals surface area contributed by atoms with Gasteiger partial charge in [0.1, 0.15) is 11.3 Å². The first-order chi connectivity index (χ1) is 13.3. The van der Waals surface area contributed by atoms with Crippen molar-refractivity contribution in [3.8, 4) is 0 Å². The first-order valence-corrected chi connectivity index (χ1v) is 9.85. The molecule has 0 saturated carbocycles. The zero-order chi connectivity index (χ0) is 18.5. The second kappa shape index (κ2) is 8.27. The summed E-state index contributed by atoms with van der Waals surface area (Å²) >= 11 is 0. The number of nitrogens with one attached hydrogen (secondary N) is 1. The third-order valence-electron chi connectivity index (χ3n) is 5.97. The highest BCUT2D eigenvalue weighted by molar-refractivity contribution is 5.84. The lowest BCUT2D eigenvalue weighted by Gasteiger charge is -2.42. The number of furan rings is 1. The van der Waals surface area contributed by atoms with Crippen LogP contribution in [-0.4, -0.2) is 53.2 Å². The molecular weight excluding hydrogens is 344 g/mol. The molecule has 7 nitrogen and oxygen atoms in total. The van der Waals surface area contributed by atoms with E-state index in [1.54, 1.807) is 18.8 Å². The zero-order valence-electron chi connectivity index (χ0n) is 15.7. The summed E-state index contributed by atoms with van der Waals surface area (Å²) in [6, 6.07) is 3.71. The van der Waals surface area contributed by atoms with Gasteiger partial charge in [0.2, 0.25) is 5.91 Å². The Kier molecular flexibility index (Phi) is 5.59. The Morgan fingerprint density at radius 2 is 2.11 bits per heavy atom. The van der Waals surface area contributed by atoms with Crippen molar-refractivity contribution in [1.82, 2.24) is 19.8 Å². The highest BCUT2D eigenvalue weighted by Crippen LogP contribution is 2.31. The number of amides is 1. The van der Waals surface area contributed by atoms with E-state index in [2.05, 4.69) is 15.2 Å². The zero-order valence-corrected chi connectivity index (χ0v) is 15.7. The summed E-state index contributed by atoms with van der Waals surface area (Å²) in [5, 5.41) is 3.06. The molecule has 0 atom stereocenters. The van der Waals surface area contributed by atoms with Gasteiger partial charge in [-0.1, -0.05) is 0 Å². The molecule has 1 N–H and O–H groups in total. The van der Waals surface area contributed by atoms with Crippen LogP contribution < -0.4 is 5.32 Å². The van der Waals surface area contributed by atoms with Crippen molar-refractivity contribution in [2.24, 2.45) is 5.92 Å². The summed E-state index contributed by atoms with van der Waals surface area (Å²) in [5.41, 5.74) is -0.574. The molecule has 2 fully saturated rings. The van der Waals surface area contributed by atoms with Gasteiger partial charge >= 0.3 is 0 Å². The van der Waals surface area contributed by atoms with E-state index in [1.165, 1.54) is 0 Å². The maximum atomic E-state index is 13.2. The molecule has 4 heterocycles. The molecule has 146 valence electrons. The van der Waals surface area contributed by atoms with Crippen molar-refractivity contribution in [1.29, 1.82) is 0 Å². The molecular formula is C20H28N4O3. The lowest BCUT2D eigenvalue weighted by molar-refractivity contribution is -0.133. The van der Waals surface area contributed by atoms with E-state index in [9.17, 15) is 4.79 Å². The number of likely N-dealkylation sites (tertiary alicyclic amines) is 1. The number of aromatic nitrogens is 2. The number of carbonyl (C=O) groups is 1. The van der Waals surface area contributed by atoms with Crippen molar-refractivity contribution in [2.75, 3.05) is 32.8 Å². The number of piperidine rings is 1. The van der Waals surface area contributed by atoms with Crippen molar-refractivity contribution in [3.05, 3.63) is 42.9 Å². The van der Waals surface area contributed by atoms with Crippen LogP contribution in [0, 0.1) is 5.92 Å². The number of ether oxygens (including phenoxy) is 1. The van der Waals surface area contributed by atoms with Crippen LogP contribution in [0.15, 0.2) is 41.5 Å². The van der Waals surface area contributed by atoms with Gasteiger partial charge in [0.05, 0.1) is 19.1 Å². The topological polar surface area (TPSA) is 72.5 Å². The predicted octanol–water partition coefficient (Wildman–Crippen LogP) is 2.01. The number of imidazole rings is 1. The Hall–Kier alpha value is -2.12. The number of carbonyl (C=O) groups excluding carboxylic acids is 1. The highest BCUT2D eigenvalue weighted by Gasteiger charge is 2.43. The SMILES string of the molecule is O=C(NCc1ccco1)C1(n2ccnc2)CCN(CC2CCOCC2)CC1. The summed E-state index contributed by atoms with van der Waals surface area (Å²) < 4.78 is 12.8. The lowest BCUT2D eigenvalue weighted by atomic mass is 9.85. The molecule has 0 aromatic carbocycles. The predicted molar refractivity (Wildman–Crippen MR) is 100.0 cm³/mol. The van der Waals surface area contributed by atoms with Crippen LogP contribution in [0.5, 0.6) is 0 Å². The van der Waals surface area contributed by atoms with Crippen LogP contribution in [0.4, 0.5) is 0 Å². The van der Waals surface area contributed by atoms with Crippen LogP contribution in [0.3, 0.4) is 0 Å². The fourth-order valence-corrected chi connectivity index (χ4v) is 4.26. The van der Waals surface area contributed by atoms with Gasteiger partial charge in [-0.25, -0.2) is 4.98 Å². The van der Waals surface area contributed by atoms with Crippen molar-refractivity contribution >= 4 is 5.91 Å². The smallest absolute Gasteiger partial charge is 0.246 e. The normalized spacial score (nSPS) is 21.2.